The maximum atomic E-state index is 11.7. The average Bonchev–Trinajstić information content (AvgIpc) is 2.75. The zero-order valence-corrected chi connectivity index (χ0v) is 13.8. The Balaban J connectivity index is 2.20. The molecule has 1 aromatic carbocycles. The Bertz CT molecular complexity index is 710. The molecule has 3 atom stereocenters. The molecule has 0 unspecified atom stereocenters. The second-order valence-electron chi connectivity index (χ2n) is 5.39. The number of amides is 2. The van der Waals surface area contributed by atoms with Crippen molar-refractivity contribution in [3.8, 4) is 0 Å². The van der Waals surface area contributed by atoms with E-state index in [0.29, 0.717) is 11.3 Å². The fraction of sp³-hybridized carbons (Fsp3) is 0.357. The van der Waals surface area contributed by atoms with Crippen LogP contribution in [0.4, 0.5) is 15.3 Å². The number of hydrogen-bond donors (Lipinski definition) is 3. The standard InChI is InChI=1S/C14H14N2O6Se/c1-23-11-14(6-9(10(17)18)16(14)13(21)22)7-4-2-3-5-8(7)15(11)12(19)20/h2-5,9,11H,6H2,1H3,(H,17,18)(H,19,20)(H,21,22)/t9-,11+,14-/m0/s1. The van der Waals surface area contributed by atoms with Crippen molar-refractivity contribution >= 4 is 38.8 Å². The van der Waals surface area contributed by atoms with E-state index in [0.717, 1.165) is 4.90 Å². The van der Waals surface area contributed by atoms with Gasteiger partial charge >= 0.3 is 137 Å². The molecule has 2 aliphatic heterocycles. The number of fused-ring (bicyclic) bond motifs is 2. The first kappa shape index (κ1) is 15.6. The predicted molar refractivity (Wildman–Crippen MR) is 79.9 cm³/mol. The SMILES string of the molecule is C[Se][C@H]1N(C(=O)O)c2ccccc2[C@@]12C[C@@H](C(=O)O)N2C(=O)O. The molecule has 0 aliphatic carbocycles. The van der Waals surface area contributed by atoms with E-state index in [1.54, 1.807) is 24.3 Å². The van der Waals surface area contributed by atoms with Crippen molar-refractivity contribution in [3.05, 3.63) is 29.8 Å². The van der Waals surface area contributed by atoms with Gasteiger partial charge in [-0.1, -0.05) is 0 Å². The summed E-state index contributed by atoms with van der Waals surface area (Å²) in [6.45, 7) is 0. The molecule has 2 aliphatic rings. The van der Waals surface area contributed by atoms with E-state index in [4.69, 9.17) is 0 Å². The minimum absolute atomic E-state index is 0.0791. The zero-order valence-electron chi connectivity index (χ0n) is 12.0. The zero-order chi connectivity index (χ0) is 16.9. The number of carboxylic acids is 1. The van der Waals surface area contributed by atoms with Crippen LogP contribution in [-0.2, 0) is 10.3 Å². The van der Waals surface area contributed by atoms with Gasteiger partial charge in [0.1, 0.15) is 0 Å². The van der Waals surface area contributed by atoms with Crippen LogP contribution in [0.5, 0.6) is 0 Å². The molecule has 0 aromatic heterocycles. The first-order valence-electron chi connectivity index (χ1n) is 6.75. The van der Waals surface area contributed by atoms with Crippen molar-refractivity contribution in [2.24, 2.45) is 0 Å². The fourth-order valence-electron chi connectivity index (χ4n) is 3.64. The van der Waals surface area contributed by atoms with E-state index in [1.165, 1.54) is 4.90 Å². The number of hydrogen-bond acceptors (Lipinski definition) is 3. The molecule has 9 heteroatoms. The molecule has 8 nitrogen and oxygen atoms in total. The molecule has 0 radical (unpaired) electrons. The Morgan fingerprint density at radius 2 is 1.83 bits per heavy atom. The van der Waals surface area contributed by atoms with Gasteiger partial charge in [-0.3, -0.25) is 0 Å². The summed E-state index contributed by atoms with van der Waals surface area (Å²) >= 11 is -0.241. The summed E-state index contributed by atoms with van der Waals surface area (Å²) in [4.78, 5) is 36.3. The monoisotopic (exact) mass is 386 g/mol. The van der Waals surface area contributed by atoms with E-state index < -0.39 is 34.7 Å². The van der Waals surface area contributed by atoms with Gasteiger partial charge in [-0.25, -0.2) is 0 Å². The van der Waals surface area contributed by atoms with Gasteiger partial charge in [-0.05, 0) is 0 Å². The van der Waals surface area contributed by atoms with Crippen LogP contribution in [0, 0.1) is 0 Å². The first-order valence-corrected chi connectivity index (χ1v) is 9.46. The van der Waals surface area contributed by atoms with Crippen molar-refractivity contribution in [2.75, 3.05) is 4.90 Å². The summed E-state index contributed by atoms with van der Waals surface area (Å²) in [5.41, 5.74) is -0.113. The summed E-state index contributed by atoms with van der Waals surface area (Å²) in [6.07, 6.45) is -2.43. The van der Waals surface area contributed by atoms with Crippen molar-refractivity contribution in [1.29, 1.82) is 0 Å². The van der Waals surface area contributed by atoms with Gasteiger partial charge in [0.05, 0.1) is 0 Å². The third-order valence-corrected chi connectivity index (χ3v) is 6.64. The molecular formula is C14H14N2O6Se. The molecule has 3 rings (SSSR count). The summed E-state index contributed by atoms with van der Waals surface area (Å²) in [7, 11) is 0. The van der Waals surface area contributed by atoms with Gasteiger partial charge < -0.3 is 0 Å². The molecule has 2 heterocycles. The summed E-state index contributed by atoms with van der Waals surface area (Å²) < 4.78 is 0. The molecule has 122 valence electrons. The Hall–Kier alpha value is -2.25. The summed E-state index contributed by atoms with van der Waals surface area (Å²) in [5, 5.41) is 28.4. The van der Waals surface area contributed by atoms with Crippen LogP contribution in [-0.4, -0.2) is 64.3 Å². The third kappa shape index (κ3) is 1.87. The molecule has 23 heavy (non-hydrogen) atoms. The molecule has 0 saturated carbocycles. The molecule has 3 N–H and O–H groups in total. The van der Waals surface area contributed by atoms with Crippen molar-refractivity contribution in [1.82, 2.24) is 4.90 Å². The number of carbonyl (C=O) groups is 3. The van der Waals surface area contributed by atoms with E-state index in [2.05, 4.69) is 0 Å². The Labute approximate surface area is 137 Å². The Morgan fingerprint density at radius 1 is 1.17 bits per heavy atom. The number of nitrogens with zero attached hydrogens (tertiary/aromatic N) is 2. The van der Waals surface area contributed by atoms with Crippen LogP contribution in [0.3, 0.4) is 0 Å². The average molecular weight is 385 g/mol. The third-order valence-electron chi connectivity index (χ3n) is 4.44. The molecule has 2 amide bonds. The first-order chi connectivity index (χ1) is 10.9. The second kappa shape index (κ2) is 5.14. The normalized spacial score (nSPS) is 28.4. The molecule has 1 saturated heterocycles. The number of aliphatic carboxylic acids is 1. The van der Waals surface area contributed by atoms with Crippen LogP contribution in [0.25, 0.3) is 0 Å². The van der Waals surface area contributed by atoms with E-state index in [9.17, 15) is 29.7 Å². The summed E-state index contributed by atoms with van der Waals surface area (Å²) in [5.74, 6) is 0.613. The quantitative estimate of drug-likeness (QED) is 0.661. The Morgan fingerprint density at radius 3 is 2.35 bits per heavy atom. The number of rotatable bonds is 2. The van der Waals surface area contributed by atoms with Crippen molar-refractivity contribution in [3.63, 3.8) is 0 Å². The maximum absolute atomic E-state index is 11.7. The Kier molecular flexibility index (Phi) is 3.50. The topological polar surface area (TPSA) is 118 Å². The molecule has 1 fully saturated rings. The van der Waals surface area contributed by atoms with Crippen molar-refractivity contribution in [2.45, 2.75) is 28.8 Å². The van der Waals surface area contributed by atoms with Gasteiger partial charge in [-0.2, -0.15) is 0 Å². The predicted octanol–water partition coefficient (Wildman–Crippen LogP) is 1.30. The van der Waals surface area contributed by atoms with Crippen LogP contribution in [0.2, 0.25) is 5.82 Å². The number of benzene rings is 1. The molecule has 1 aromatic rings. The van der Waals surface area contributed by atoms with Crippen LogP contribution in [0.1, 0.15) is 12.0 Å². The molecule has 0 bridgehead atoms. The van der Waals surface area contributed by atoms with Crippen LogP contribution >= 0.6 is 0 Å². The molecular weight excluding hydrogens is 371 g/mol. The number of likely N-dealkylation sites (tertiary alicyclic amines) is 1. The fourth-order valence-corrected chi connectivity index (χ4v) is 6.03. The van der Waals surface area contributed by atoms with Crippen molar-refractivity contribution < 1.29 is 29.7 Å². The van der Waals surface area contributed by atoms with Gasteiger partial charge in [0.2, 0.25) is 0 Å². The van der Waals surface area contributed by atoms with Gasteiger partial charge in [-0.15, -0.1) is 0 Å². The van der Waals surface area contributed by atoms with Crippen LogP contribution < -0.4 is 4.90 Å². The van der Waals surface area contributed by atoms with E-state index >= 15 is 0 Å². The van der Waals surface area contributed by atoms with Gasteiger partial charge in [0.25, 0.3) is 0 Å². The minimum atomic E-state index is -1.35. The van der Waals surface area contributed by atoms with Gasteiger partial charge in [0.15, 0.2) is 0 Å². The molecule has 1 spiro atoms. The second-order valence-corrected chi connectivity index (χ2v) is 7.32. The van der Waals surface area contributed by atoms with Crippen LogP contribution in [0.15, 0.2) is 24.3 Å². The number of para-hydroxylation sites is 1. The van der Waals surface area contributed by atoms with Gasteiger partial charge in [0, 0.05) is 0 Å². The number of carboxylic acid groups (broad SMARTS) is 3. The van der Waals surface area contributed by atoms with E-state index in [1.807, 2.05) is 5.82 Å². The number of anilines is 1. The van der Waals surface area contributed by atoms with E-state index in [-0.39, 0.29) is 21.4 Å². The summed E-state index contributed by atoms with van der Waals surface area (Å²) in [6, 6.07) is 5.56.